The maximum atomic E-state index is 12.2. The molecule has 6 nitrogen and oxygen atoms in total. The van der Waals surface area contributed by atoms with Gasteiger partial charge >= 0.3 is 6.09 Å². The highest BCUT2D eigenvalue weighted by Crippen LogP contribution is 2.20. The average Bonchev–Trinajstić information content (AvgIpc) is 2.64. The van der Waals surface area contributed by atoms with Gasteiger partial charge in [-0.2, -0.15) is 0 Å². The summed E-state index contributed by atoms with van der Waals surface area (Å²) in [5, 5.41) is 3.30. The molecule has 0 atom stereocenters. The molecule has 0 saturated carbocycles. The van der Waals surface area contributed by atoms with Gasteiger partial charge in [0, 0.05) is 31.3 Å². The minimum absolute atomic E-state index is 0.281. The summed E-state index contributed by atoms with van der Waals surface area (Å²) in [6, 6.07) is 10.5. The first kappa shape index (κ1) is 19.1. The van der Waals surface area contributed by atoms with Gasteiger partial charge in [0.05, 0.1) is 12.2 Å². The standard InChI is InChI=1S/C21H28N4O2/c1-21(2,3)27-20(26)25-13-11-18-17(15-25)14-23-19(24-18)22-12-7-10-16-8-5-4-6-9-16/h4-6,8-9,14H,7,10-13,15H2,1-3H3,(H,22,23,24). The van der Waals surface area contributed by atoms with Crippen LogP contribution >= 0.6 is 0 Å². The summed E-state index contributed by atoms with van der Waals surface area (Å²) in [4.78, 5) is 23.0. The Morgan fingerprint density at radius 2 is 2.04 bits per heavy atom. The molecule has 1 amide bonds. The van der Waals surface area contributed by atoms with E-state index >= 15 is 0 Å². The van der Waals surface area contributed by atoms with Gasteiger partial charge < -0.3 is 15.0 Å². The van der Waals surface area contributed by atoms with Crippen LogP contribution in [0.3, 0.4) is 0 Å². The van der Waals surface area contributed by atoms with Crippen LogP contribution in [0.4, 0.5) is 10.7 Å². The van der Waals surface area contributed by atoms with Crippen LogP contribution in [0.5, 0.6) is 0 Å². The Labute approximate surface area is 161 Å². The van der Waals surface area contributed by atoms with Crippen molar-refractivity contribution < 1.29 is 9.53 Å². The predicted octanol–water partition coefficient (Wildman–Crippen LogP) is 3.81. The van der Waals surface area contributed by atoms with Crippen LogP contribution in [0.2, 0.25) is 0 Å². The molecule has 1 aromatic heterocycles. The van der Waals surface area contributed by atoms with Crippen LogP contribution in [0, 0.1) is 0 Å². The van der Waals surface area contributed by atoms with E-state index in [2.05, 4.69) is 39.6 Å². The summed E-state index contributed by atoms with van der Waals surface area (Å²) >= 11 is 0. The highest BCUT2D eigenvalue weighted by atomic mass is 16.6. The van der Waals surface area contributed by atoms with Crippen LogP contribution < -0.4 is 5.32 Å². The second-order valence-electron chi connectivity index (χ2n) is 7.83. The van der Waals surface area contributed by atoms with Gasteiger partial charge in [0.15, 0.2) is 0 Å². The second-order valence-corrected chi connectivity index (χ2v) is 7.83. The Kier molecular flexibility index (Phi) is 5.94. The van der Waals surface area contributed by atoms with Crippen molar-refractivity contribution >= 4 is 12.0 Å². The number of rotatable bonds is 5. The van der Waals surface area contributed by atoms with Gasteiger partial charge in [0.25, 0.3) is 0 Å². The second kappa shape index (κ2) is 8.37. The molecule has 27 heavy (non-hydrogen) atoms. The molecule has 0 unspecified atom stereocenters. The van der Waals surface area contributed by atoms with Crippen molar-refractivity contribution in [1.82, 2.24) is 14.9 Å². The number of anilines is 1. The zero-order valence-electron chi connectivity index (χ0n) is 16.4. The maximum absolute atomic E-state index is 12.2. The smallest absolute Gasteiger partial charge is 0.410 e. The third-order valence-corrected chi connectivity index (χ3v) is 4.35. The topological polar surface area (TPSA) is 67.3 Å². The lowest BCUT2D eigenvalue weighted by Crippen LogP contribution is -2.40. The Morgan fingerprint density at radius 1 is 1.26 bits per heavy atom. The van der Waals surface area contributed by atoms with Gasteiger partial charge in [-0.15, -0.1) is 0 Å². The normalized spacial score (nSPS) is 13.8. The summed E-state index contributed by atoms with van der Waals surface area (Å²) in [5.41, 5.74) is 2.85. The largest absolute Gasteiger partial charge is 0.444 e. The molecule has 1 aliphatic rings. The van der Waals surface area contributed by atoms with Crippen LogP contribution in [-0.2, 0) is 24.1 Å². The summed E-state index contributed by atoms with van der Waals surface area (Å²) in [5.74, 6) is 0.660. The van der Waals surface area contributed by atoms with Crippen LogP contribution in [0.1, 0.15) is 44.0 Å². The van der Waals surface area contributed by atoms with E-state index in [4.69, 9.17) is 4.74 Å². The quantitative estimate of drug-likeness (QED) is 0.813. The molecule has 2 heterocycles. The molecule has 0 spiro atoms. The summed E-state index contributed by atoms with van der Waals surface area (Å²) in [6.07, 6.45) is 4.31. The fourth-order valence-corrected chi connectivity index (χ4v) is 3.02. The monoisotopic (exact) mass is 368 g/mol. The lowest BCUT2D eigenvalue weighted by Gasteiger charge is -2.30. The molecular weight excluding hydrogens is 340 g/mol. The summed E-state index contributed by atoms with van der Waals surface area (Å²) in [6.45, 7) is 7.58. The third-order valence-electron chi connectivity index (χ3n) is 4.35. The molecule has 6 heteroatoms. The van der Waals surface area contributed by atoms with Gasteiger partial charge in [0.1, 0.15) is 5.60 Å². The number of aryl methyl sites for hydroxylation is 1. The van der Waals surface area contributed by atoms with E-state index in [-0.39, 0.29) is 6.09 Å². The Balaban J connectivity index is 1.50. The van der Waals surface area contributed by atoms with Crippen molar-refractivity contribution in [2.45, 2.75) is 52.2 Å². The molecule has 1 aliphatic heterocycles. The first-order valence-electron chi connectivity index (χ1n) is 9.51. The molecule has 3 rings (SSSR count). The van der Waals surface area contributed by atoms with E-state index in [0.717, 1.165) is 37.1 Å². The minimum atomic E-state index is -0.485. The minimum Gasteiger partial charge on any atom is -0.444 e. The Bertz CT molecular complexity index is 771. The fraction of sp³-hybridized carbons (Fsp3) is 0.476. The van der Waals surface area contributed by atoms with E-state index in [0.29, 0.717) is 19.0 Å². The molecule has 1 N–H and O–H groups in total. The number of carbonyl (C=O) groups is 1. The van der Waals surface area contributed by atoms with Crippen LogP contribution in [0.25, 0.3) is 0 Å². The van der Waals surface area contributed by atoms with Crippen LogP contribution in [0.15, 0.2) is 36.5 Å². The van der Waals surface area contributed by atoms with Crippen molar-refractivity contribution in [3.8, 4) is 0 Å². The van der Waals surface area contributed by atoms with Crippen molar-refractivity contribution in [2.24, 2.45) is 0 Å². The molecule has 144 valence electrons. The van der Waals surface area contributed by atoms with E-state index in [1.807, 2.05) is 33.0 Å². The SMILES string of the molecule is CC(C)(C)OC(=O)N1CCc2nc(NCCCc3ccccc3)ncc2C1. The van der Waals surface area contributed by atoms with Gasteiger partial charge in [0.2, 0.25) is 5.95 Å². The van der Waals surface area contributed by atoms with Gasteiger partial charge in [-0.3, -0.25) is 0 Å². The third kappa shape index (κ3) is 5.67. The number of fused-ring (bicyclic) bond motifs is 1. The molecule has 0 bridgehead atoms. The Hall–Kier alpha value is -2.63. The van der Waals surface area contributed by atoms with Gasteiger partial charge in [-0.1, -0.05) is 30.3 Å². The zero-order valence-corrected chi connectivity index (χ0v) is 16.4. The number of amides is 1. The predicted molar refractivity (Wildman–Crippen MR) is 106 cm³/mol. The number of benzene rings is 1. The van der Waals surface area contributed by atoms with Gasteiger partial charge in [-0.05, 0) is 39.2 Å². The molecule has 0 saturated heterocycles. The zero-order chi connectivity index (χ0) is 19.3. The number of hydrogen-bond donors (Lipinski definition) is 1. The molecule has 0 radical (unpaired) electrons. The van der Waals surface area contributed by atoms with E-state index in [1.165, 1.54) is 5.56 Å². The van der Waals surface area contributed by atoms with Crippen molar-refractivity contribution in [2.75, 3.05) is 18.4 Å². The highest BCUT2D eigenvalue weighted by molar-refractivity contribution is 5.68. The number of ether oxygens (including phenoxy) is 1. The van der Waals surface area contributed by atoms with E-state index in [1.54, 1.807) is 4.90 Å². The number of nitrogens with zero attached hydrogens (tertiary/aromatic N) is 3. The number of nitrogens with one attached hydrogen (secondary N) is 1. The molecule has 1 aromatic carbocycles. The Morgan fingerprint density at radius 3 is 2.78 bits per heavy atom. The van der Waals surface area contributed by atoms with Crippen LogP contribution in [-0.4, -0.2) is 39.7 Å². The van der Waals surface area contributed by atoms with Crippen molar-refractivity contribution in [3.05, 3.63) is 53.3 Å². The van der Waals surface area contributed by atoms with Crippen molar-refractivity contribution in [1.29, 1.82) is 0 Å². The lowest BCUT2D eigenvalue weighted by molar-refractivity contribution is 0.0222. The molecule has 2 aromatic rings. The number of carbonyl (C=O) groups excluding carboxylic acids is 1. The number of hydrogen-bond acceptors (Lipinski definition) is 5. The molecular formula is C21H28N4O2. The fourth-order valence-electron chi connectivity index (χ4n) is 3.02. The average molecular weight is 368 g/mol. The summed E-state index contributed by atoms with van der Waals surface area (Å²) < 4.78 is 5.45. The lowest BCUT2D eigenvalue weighted by atomic mass is 10.1. The van der Waals surface area contributed by atoms with E-state index in [9.17, 15) is 4.79 Å². The summed E-state index contributed by atoms with van der Waals surface area (Å²) in [7, 11) is 0. The van der Waals surface area contributed by atoms with Gasteiger partial charge in [-0.25, -0.2) is 14.8 Å². The van der Waals surface area contributed by atoms with Crippen molar-refractivity contribution in [3.63, 3.8) is 0 Å². The maximum Gasteiger partial charge on any atom is 0.410 e. The molecule has 0 fully saturated rings. The number of aromatic nitrogens is 2. The van der Waals surface area contributed by atoms with E-state index < -0.39 is 5.60 Å². The first-order valence-corrected chi connectivity index (χ1v) is 9.51. The first-order chi connectivity index (χ1) is 12.9. The molecule has 0 aliphatic carbocycles. The highest BCUT2D eigenvalue weighted by Gasteiger charge is 2.26.